The van der Waals surface area contributed by atoms with E-state index in [-0.39, 0.29) is 5.91 Å². The number of nitrogens with one attached hydrogen (secondary N) is 1. The maximum absolute atomic E-state index is 12.1. The van der Waals surface area contributed by atoms with Crippen LogP contribution in [0.4, 0.5) is 0 Å². The molecule has 0 bridgehead atoms. The van der Waals surface area contributed by atoms with Crippen molar-refractivity contribution in [1.29, 1.82) is 0 Å². The summed E-state index contributed by atoms with van der Waals surface area (Å²) in [5, 5.41) is 3.24. The smallest absolute Gasteiger partial charge is 0.220 e. The Morgan fingerprint density at radius 2 is 1.42 bits per heavy atom. The molecule has 1 amide bonds. The molecule has 0 aliphatic carbocycles. The fraction of sp³-hybridized carbons (Fsp3) is 0.957. The lowest BCUT2D eigenvalue weighted by Gasteiger charge is -2.24. The zero-order valence-corrected chi connectivity index (χ0v) is 17.9. The molecule has 154 valence electrons. The molecule has 1 heterocycles. The number of carbonyl (C=O) groups is 1. The van der Waals surface area contributed by atoms with Gasteiger partial charge in [-0.15, -0.1) is 0 Å². The Labute approximate surface area is 163 Å². The average Bonchev–Trinajstić information content (AvgIpc) is 3.15. The third-order valence-electron chi connectivity index (χ3n) is 5.78. The molecule has 1 unspecified atom stereocenters. The van der Waals surface area contributed by atoms with E-state index in [1.165, 1.54) is 103 Å². The van der Waals surface area contributed by atoms with E-state index in [0.717, 1.165) is 19.4 Å². The van der Waals surface area contributed by atoms with E-state index in [4.69, 9.17) is 0 Å². The van der Waals surface area contributed by atoms with E-state index in [1.807, 2.05) is 0 Å². The van der Waals surface area contributed by atoms with E-state index in [9.17, 15) is 4.79 Å². The minimum atomic E-state index is 0.274. The Balaban J connectivity index is 2.19. The van der Waals surface area contributed by atoms with Gasteiger partial charge < -0.3 is 10.2 Å². The Hall–Kier alpha value is -0.570. The maximum Gasteiger partial charge on any atom is 0.220 e. The van der Waals surface area contributed by atoms with Crippen LogP contribution in [0.25, 0.3) is 0 Å². The lowest BCUT2D eigenvalue weighted by Crippen LogP contribution is -2.35. The van der Waals surface area contributed by atoms with Gasteiger partial charge in [0.1, 0.15) is 0 Å². The van der Waals surface area contributed by atoms with Crippen LogP contribution in [-0.2, 0) is 4.79 Å². The van der Waals surface area contributed by atoms with E-state index < -0.39 is 0 Å². The molecule has 0 aromatic rings. The Kier molecular flexibility index (Phi) is 15.0. The predicted molar refractivity (Wildman–Crippen MR) is 114 cm³/mol. The second kappa shape index (κ2) is 16.6. The molecule has 1 aliphatic rings. The summed E-state index contributed by atoms with van der Waals surface area (Å²) in [6.45, 7) is 9.11. The van der Waals surface area contributed by atoms with Crippen molar-refractivity contribution in [3.05, 3.63) is 0 Å². The van der Waals surface area contributed by atoms with Crippen LogP contribution in [0.15, 0.2) is 0 Å². The van der Waals surface area contributed by atoms with Crippen molar-refractivity contribution in [2.75, 3.05) is 26.2 Å². The van der Waals surface area contributed by atoms with E-state index in [2.05, 4.69) is 24.1 Å². The molecular formula is C23H46N2O. The van der Waals surface area contributed by atoms with Crippen molar-refractivity contribution in [2.45, 2.75) is 110 Å². The molecule has 0 radical (unpaired) electrons. The van der Waals surface area contributed by atoms with Crippen molar-refractivity contribution in [1.82, 2.24) is 10.2 Å². The summed E-state index contributed by atoms with van der Waals surface area (Å²) in [5.74, 6) is 0.916. The summed E-state index contributed by atoms with van der Waals surface area (Å²) in [4.78, 5) is 14.8. The molecule has 1 rings (SSSR count). The van der Waals surface area contributed by atoms with E-state index in [1.54, 1.807) is 0 Å². The quantitative estimate of drug-likeness (QED) is 0.324. The average molecular weight is 367 g/mol. The molecule has 0 aromatic carbocycles. The van der Waals surface area contributed by atoms with Crippen molar-refractivity contribution in [3.63, 3.8) is 0 Å². The number of amides is 1. The first-order valence-corrected chi connectivity index (χ1v) is 11.7. The first-order chi connectivity index (χ1) is 12.8. The highest BCUT2D eigenvalue weighted by Gasteiger charge is 2.18. The van der Waals surface area contributed by atoms with Gasteiger partial charge in [0, 0.05) is 19.5 Å². The first kappa shape index (κ1) is 23.5. The van der Waals surface area contributed by atoms with Gasteiger partial charge in [0.05, 0.1) is 0 Å². The summed E-state index contributed by atoms with van der Waals surface area (Å²) >= 11 is 0. The van der Waals surface area contributed by atoms with E-state index >= 15 is 0 Å². The highest BCUT2D eigenvalue weighted by molar-refractivity contribution is 5.75. The number of likely N-dealkylation sites (tertiary alicyclic amines) is 1. The Morgan fingerprint density at radius 1 is 0.846 bits per heavy atom. The second-order valence-corrected chi connectivity index (χ2v) is 8.40. The zero-order chi connectivity index (χ0) is 18.9. The minimum Gasteiger partial charge on any atom is -0.356 e. The highest BCUT2D eigenvalue weighted by Crippen LogP contribution is 2.16. The number of carbonyl (C=O) groups excluding carboxylic acids is 1. The van der Waals surface area contributed by atoms with Crippen LogP contribution in [0.3, 0.4) is 0 Å². The number of rotatable bonds is 17. The zero-order valence-electron chi connectivity index (χ0n) is 17.9. The second-order valence-electron chi connectivity index (χ2n) is 8.40. The summed E-state index contributed by atoms with van der Waals surface area (Å²) < 4.78 is 0. The van der Waals surface area contributed by atoms with Crippen molar-refractivity contribution < 1.29 is 4.79 Å². The third kappa shape index (κ3) is 12.7. The van der Waals surface area contributed by atoms with Gasteiger partial charge in [-0.1, -0.05) is 78.1 Å². The van der Waals surface area contributed by atoms with Gasteiger partial charge in [-0.05, 0) is 44.7 Å². The van der Waals surface area contributed by atoms with Crippen LogP contribution in [0.1, 0.15) is 110 Å². The Morgan fingerprint density at radius 3 is 2.08 bits per heavy atom. The molecule has 1 aliphatic heterocycles. The van der Waals surface area contributed by atoms with Crippen LogP contribution in [0, 0.1) is 5.92 Å². The van der Waals surface area contributed by atoms with Gasteiger partial charge in [-0.3, -0.25) is 4.79 Å². The molecule has 3 heteroatoms. The number of hydrogen-bond acceptors (Lipinski definition) is 2. The number of hydrogen-bond donors (Lipinski definition) is 1. The molecule has 1 atom stereocenters. The fourth-order valence-electron chi connectivity index (χ4n) is 4.04. The highest BCUT2D eigenvalue weighted by atomic mass is 16.1. The van der Waals surface area contributed by atoms with Gasteiger partial charge in [0.15, 0.2) is 0 Å². The summed E-state index contributed by atoms with van der Waals surface area (Å²) in [7, 11) is 0. The molecule has 0 saturated carbocycles. The molecule has 1 fully saturated rings. The molecular weight excluding hydrogens is 320 g/mol. The van der Waals surface area contributed by atoms with E-state index in [0.29, 0.717) is 5.92 Å². The lowest BCUT2D eigenvalue weighted by atomic mass is 9.99. The van der Waals surface area contributed by atoms with Gasteiger partial charge in [-0.25, -0.2) is 0 Å². The molecule has 26 heavy (non-hydrogen) atoms. The standard InChI is InChI=1S/C23H46N2O/c1-3-5-7-9-11-12-16-22(21-25-18-14-15-19-25)20-24-23(26)17-13-10-8-6-4-2/h22H,3-21H2,1-2H3,(H,24,26). The van der Waals surface area contributed by atoms with Crippen LogP contribution in [0.2, 0.25) is 0 Å². The molecule has 0 spiro atoms. The summed E-state index contributed by atoms with van der Waals surface area (Å²) in [6, 6.07) is 0. The first-order valence-electron chi connectivity index (χ1n) is 11.7. The van der Waals surface area contributed by atoms with Crippen LogP contribution in [-0.4, -0.2) is 37.0 Å². The topological polar surface area (TPSA) is 32.3 Å². The third-order valence-corrected chi connectivity index (χ3v) is 5.78. The van der Waals surface area contributed by atoms with Gasteiger partial charge in [0.2, 0.25) is 5.91 Å². The summed E-state index contributed by atoms with van der Waals surface area (Å²) in [5.41, 5.74) is 0. The summed E-state index contributed by atoms with van der Waals surface area (Å²) in [6.07, 6.45) is 19.0. The lowest BCUT2D eigenvalue weighted by molar-refractivity contribution is -0.121. The van der Waals surface area contributed by atoms with Crippen molar-refractivity contribution in [3.8, 4) is 0 Å². The molecule has 3 nitrogen and oxygen atoms in total. The van der Waals surface area contributed by atoms with Gasteiger partial charge in [0.25, 0.3) is 0 Å². The van der Waals surface area contributed by atoms with Crippen molar-refractivity contribution >= 4 is 5.91 Å². The van der Waals surface area contributed by atoms with Crippen LogP contribution < -0.4 is 5.32 Å². The molecule has 0 aromatic heterocycles. The monoisotopic (exact) mass is 366 g/mol. The van der Waals surface area contributed by atoms with Gasteiger partial charge >= 0.3 is 0 Å². The van der Waals surface area contributed by atoms with Crippen molar-refractivity contribution in [2.24, 2.45) is 5.92 Å². The molecule has 1 saturated heterocycles. The SMILES string of the molecule is CCCCCCCCC(CNC(=O)CCCCCCC)CN1CCCC1. The predicted octanol–water partition coefficient (Wildman–Crippen LogP) is 5.93. The minimum absolute atomic E-state index is 0.274. The van der Waals surface area contributed by atoms with Gasteiger partial charge in [-0.2, -0.15) is 0 Å². The maximum atomic E-state index is 12.1. The normalized spacial score (nSPS) is 16.1. The Bertz CT molecular complexity index is 326. The van der Waals surface area contributed by atoms with Crippen LogP contribution in [0.5, 0.6) is 0 Å². The number of nitrogens with zero attached hydrogens (tertiary/aromatic N) is 1. The number of unbranched alkanes of at least 4 members (excludes halogenated alkanes) is 9. The molecule has 1 N–H and O–H groups in total. The van der Waals surface area contributed by atoms with Crippen LogP contribution >= 0.6 is 0 Å². The largest absolute Gasteiger partial charge is 0.356 e. The fourth-order valence-corrected chi connectivity index (χ4v) is 4.04.